The van der Waals surface area contributed by atoms with Crippen LogP contribution in [-0.2, 0) is 11.2 Å². The van der Waals surface area contributed by atoms with Gasteiger partial charge in [-0.3, -0.25) is 15.6 Å². The Hall–Kier alpha value is -3.57. The number of para-hydroxylation sites is 2. The van der Waals surface area contributed by atoms with Gasteiger partial charge in [0.15, 0.2) is 0 Å². The van der Waals surface area contributed by atoms with E-state index in [1.807, 2.05) is 91.1 Å². The predicted molar refractivity (Wildman–Crippen MR) is 116 cm³/mol. The molecule has 3 aromatic carbocycles. The minimum Gasteiger partial charge on any atom is -0.299 e. The molecule has 4 aromatic rings. The van der Waals surface area contributed by atoms with Crippen molar-refractivity contribution < 1.29 is 4.79 Å². The van der Waals surface area contributed by atoms with Gasteiger partial charge < -0.3 is 0 Å². The number of halogens is 1. The zero-order valence-electron chi connectivity index (χ0n) is 15.5. The predicted octanol–water partition coefficient (Wildman–Crippen LogP) is 4.88. The van der Waals surface area contributed by atoms with Gasteiger partial charge in [-0.1, -0.05) is 60.1 Å². The SMILES string of the molecule is O=C(Cc1cn(-c2ccccc2)nc1-c1ccc(Cl)cc1)NNc1ccccc1. The fourth-order valence-corrected chi connectivity index (χ4v) is 3.11. The summed E-state index contributed by atoms with van der Waals surface area (Å²) >= 11 is 6.03. The Morgan fingerprint density at radius 2 is 1.55 bits per heavy atom. The lowest BCUT2D eigenvalue weighted by Crippen LogP contribution is -2.30. The second-order valence-corrected chi connectivity index (χ2v) is 6.94. The third-order valence-corrected chi connectivity index (χ3v) is 4.65. The number of rotatable bonds is 6. The van der Waals surface area contributed by atoms with Crippen molar-refractivity contribution >= 4 is 23.2 Å². The molecule has 0 atom stereocenters. The van der Waals surface area contributed by atoms with Crippen molar-refractivity contribution in [3.8, 4) is 16.9 Å². The summed E-state index contributed by atoms with van der Waals surface area (Å²) in [7, 11) is 0. The van der Waals surface area contributed by atoms with Crippen LogP contribution in [0.2, 0.25) is 5.02 Å². The van der Waals surface area contributed by atoms with Gasteiger partial charge in [0.25, 0.3) is 0 Å². The van der Waals surface area contributed by atoms with E-state index in [-0.39, 0.29) is 12.3 Å². The molecule has 1 amide bonds. The van der Waals surface area contributed by atoms with Crippen LogP contribution in [0.5, 0.6) is 0 Å². The van der Waals surface area contributed by atoms with Gasteiger partial charge >= 0.3 is 0 Å². The number of nitrogens with one attached hydrogen (secondary N) is 2. The number of aromatic nitrogens is 2. The van der Waals surface area contributed by atoms with E-state index >= 15 is 0 Å². The molecular formula is C23H19ClN4O. The normalized spacial score (nSPS) is 10.5. The maximum absolute atomic E-state index is 12.5. The summed E-state index contributed by atoms with van der Waals surface area (Å²) in [5.74, 6) is -0.156. The molecule has 0 bridgehead atoms. The summed E-state index contributed by atoms with van der Waals surface area (Å²) in [4.78, 5) is 12.5. The van der Waals surface area contributed by atoms with Crippen LogP contribution in [0.1, 0.15) is 5.56 Å². The smallest absolute Gasteiger partial charge is 0.242 e. The summed E-state index contributed by atoms with van der Waals surface area (Å²) in [5.41, 5.74) is 9.89. The topological polar surface area (TPSA) is 59.0 Å². The number of carbonyl (C=O) groups is 1. The van der Waals surface area contributed by atoms with Crippen molar-refractivity contribution in [1.29, 1.82) is 0 Å². The first-order valence-electron chi connectivity index (χ1n) is 9.19. The quantitative estimate of drug-likeness (QED) is 0.452. The number of nitrogens with zero attached hydrogens (tertiary/aromatic N) is 2. The first-order valence-corrected chi connectivity index (χ1v) is 9.56. The highest BCUT2D eigenvalue weighted by Crippen LogP contribution is 2.25. The van der Waals surface area contributed by atoms with E-state index in [1.54, 1.807) is 4.68 Å². The van der Waals surface area contributed by atoms with Crippen LogP contribution in [0.3, 0.4) is 0 Å². The number of amides is 1. The first-order chi connectivity index (χ1) is 14.2. The highest BCUT2D eigenvalue weighted by atomic mass is 35.5. The minimum absolute atomic E-state index is 0.156. The van der Waals surface area contributed by atoms with E-state index in [1.165, 1.54) is 0 Å². The van der Waals surface area contributed by atoms with Gasteiger partial charge in [0.2, 0.25) is 5.91 Å². The Morgan fingerprint density at radius 3 is 2.24 bits per heavy atom. The maximum Gasteiger partial charge on any atom is 0.242 e. The van der Waals surface area contributed by atoms with Crippen LogP contribution >= 0.6 is 11.6 Å². The molecule has 2 N–H and O–H groups in total. The van der Waals surface area contributed by atoms with E-state index in [0.29, 0.717) is 5.02 Å². The lowest BCUT2D eigenvalue weighted by molar-refractivity contribution is -0.119. The molecule has 1 aromatic heterocycles. The molecule has 5 nitrogen and oxygen atoms in total. The highest BCUT2D eigenvalue weighted by Gasteiger charge is 2.15. The number of benzene rings is 3. The Balaban J connectivity index is 1.59. The van der Waals surface area contributed by atoms with Gasteiger partial charge in [-0.05, 0) is 36.4 Å². The molecule has 0 fully saturated rings. The van der Waals surface area contributed by atoms with Crippen molar-refractivity contribution in [2.75, 3.05) is 5.43 Å². The molecule has 6 heteroatoms. The van der Waals surface area contributed by atoms with Gasteiger partial charge in [-0.25, -0.2) is 4.68 Å². The maximum atomic E-state index is 12.5. The summed E-state index contributed by atoms with van der Waals surface area (Å²) in [6.07, 6.45) is 2.08. The Bertz CT molecular complexity index is 1090. The van der Waals surface area contributed by atoms with E-state index in [0.717, 1.165) is 28.2 Å². The molecule has 0 spiro atoms. The number of hydrogen-bond donors (Lipinski definition) is 2. The van der Waals surface area contributed by atoms with Gasteiger partial charge in [0, 0.05) is 22.3 Å². The van der Waals surface area contributed by atoms with Gasteiger partial charge in [-0.15, -0.1) is 0 Å². The zero-order chi connectivity index (χ0) is 20.1. The van der Waals surface area contributed by atoms with Gasteiger partial charge in [-0.2, -0.15) is 5.10 Å². The Labute approximate surface area is 173 Å². The molecule has 0 aliphatic rings. The molecule has 0 aliphatic carbocycles. The van der Waals surface area contributed by atoms with E-state index in [4.69, 9.17) is 16.7 Å². The molecule has 0 unspecified atom stereocenters. The molecular weight excluding hydrogens is 384 g/mol. The monoisotopic (exact) mass is 402 g/mol. The largest absolute Gasteiger partial charge is 0.299 e. The summed E-state index contributed by atoms with van der Waals surface area (Å²) in [6, 6.07) is 26.7. The molecule has 1 heterocycles. The summed E-state index contributed by atoms with van der Waals surface area (Å²) in [6.45, 7) is 0. The number of hydrogen-bond acceptors (Lipinski definition) is 3. The number of anilines is 1. The minimum atomic E-state index is -0.156. The molecule has 0 radical (unpaired) electrons. The fourth-order valence-electron chi connectivity index (χ4n) is 2.98. The average molecular weight is 403 g/mol. The van der Waals surface area contributed by atoms with Crippen LogP contribution in [-0.4, -0.2) is 15.7 Å². The highest BCUT2D eigenvalue weighted by molar-refractivity contribution is 6.30. The van der Waals surface area contributed by atoms with E-state index in [9.17, 15) is 4.79 Å². The number of carbonyl (C=O) groups excluding carboxylic acids is 1. The molecule has 144 valence electrons. The van der Waals surface area contributed by atoms with E-state index < -0.39 is 0 Å². The van der Waals surface area contributed by atoms with Crippen molar-refractivity contribution in [2.24, 2.45) is 0 Å². The van der Waals surface area contributed by atoms with Crippen molar-refractivity contribution in [2.45, 2.75) is 6.42 Å². The van der Waals surface area contributed by atoms with Gasteiger partial charge in [0.05, 0.1) is 23.5 Å². The lowest BCUT2D eigenvalue weighted by Gasteiger charge is -2.08. The number of hydrazine groups is 1. The first kappa shape index (κ1) is 18.8. The molecule has 0 aliphatic heterocycles. The Kier molecular flexibility index (Phi) is 5.59. The average Bonchev–Trinajstić information content (AvgIpc) is 3.18. The second kappa shape index (κ2) is 8.63. The van der Waals surface area contributed by atoms with Crippen molar-refractivity contribution in [1.82, 2.24) is 15.2 Å². The molecule has 0 saturated heterocycles. The fraction of sp³-hybridized carbons (Fsp3) is 0.0435. The summed E-state index contributed by atoms with van der Waals surface area (Å²) < 4.78 is 1.79. The van der Waals surface area contributed by atoms with Crippen LogP contribution in [0.4, 0.5) is 5.69 Å². The Morgan fingerprint density at radius 1 is 0.897 bits per heavy atom. The van der Waals surface area contributed by atoms with Crippen LogP contribution in [0, 0.1) is 0 Å². The molecule has 29 heavy (non-hydrogen) atoms. The lowest BCUT2D eigenvalue weighted by atomic mass is 10.1. The molecule has 0 saturated carbocycles. The van der Waals surface area contributed by atoms with Crippen LogP contribution < -0.4 is 10.9 Å². The third-order valence-electron chi connectivity index (χ3n) is 4.40. The summed E-state index contributed by atoms with van der Waals surface area (Å²) in [5, 5.41) is 5.38. The molecule has 4 rings (SSSR count). The second-order valence-electron chi connectivity index (χ2n) is 6.51. The standard InChI is InChI=1S/C23H19ClN4O/c24-19-13-11-17(12-14-19)23-18(16-28(27-23)21-9-5-2-6-10-21)15-22(29)26-25-20-7-3-1-4-8-20/h1-14,16,25H,15H2,(H,26,29). The van der Waals surface area contributed by atoms with Crippen molar-refractivity contribution in [3.63, 3.8) is 0 Å². The zero-order valence-corrected chi connectivity index (χ0v) is 16.3. The third kappa shape index (κ3) is 4.65. The van der Waals surface area contributed by atoms with Crippen LogP contribution in [0.15, 0.2) is 91.1 Å². The van der Waals surface area contributed by atoms with Crippen LogP contribution in [0.25, 0.3) is 16.9 Å². The van der Waals surface area contributed by atoms with Gasteiger partial charge in [0.1, 0.15) is 0 Å². The van der Waals surface area contributed by atoms with Crippen molar-refractivity contribution in [3.05, 3.63) is 102 Å². The van der Waals surface area contributed by atoms with E-state index in [2.05, 4.69) is 10.9 Å².